The Morgan fingerprint density at radius 3 is 2.69 bits per heavy atom. The van der Waals surface area contributed by atoms with Crippen molar-refractivity contribution in [1.29, 1.82) is 5.26 Å². The van der Waals surface area contributed by atoms with E-state index in [0.29, 0.717) is 17.2 Å². The second-order valence-corrected chi connectivity index (χ2v) is 8.63. The van der Waals surface area contributed by atoms with Crippen molar-refractivity contribution in [2.75, 3.05) is 18.0 Å². The van der Waals surface area contributed by atoms with E-state index >= 15 is 0 Å². The van der Waals surface area contributed by atoms with Gasteiger partial charge in [0.25, 0.3) is 5.91 Å². The molecule has 2 fully saturated rings. The summed E-state index contributed by atoms with van der Waals surface area (Å²) in [6, 6.07) is 5.98. The molecule has 1 aliphatic carbocycles. The lowest BCUT2D eigenvalue weighted by atomic mass is 9.87. The molecule has 7 nitrogen and oxygen atoms in total. The van der Waals surface area contributed by atoms with Gasteiger partial charge in [-0.15, -0.1) is 0 Å². The molecular weight excluding hydrogens is 364 g/mol. The van der Waals surface area contributed by atoms with Crippen LogP contribution < -0.4 is 10.2 Å². The Morgan fingerprint density at radius 1 is 1.24 bits per heavy atom. The minimum absolute atomic E-state index is 0.0174. The molecule has 2 aromatic rings. The van der Waals surface area contributed by atoms with Crippen LogP contribution in [-0.4, -0.2) is 39.1 Å². The highest BCUT2D eigenvalue weighted by atomic mass is 16.2. The van der Waals surface area contributed by atoms with Crippen LogP contribution in [-0.2, 0) is 13.0 Å². The number of aromatic nitrogens is 3. The summed E-state index contributed by atoms with van der Waals surface area (Å²) in [5.74, 6) is 2.47. The van der Waals surface area contributed by atoms with Gasteiger partial charge in [-0.1, -0.05) is 0 Å². The van der Waals surface area contributed by atoms with Crippen molar-refractivity contribution < 1.29 is 4.79 Å². The second-order valence-electron chi connectivity index (χ2n) is 8.63. The molecule has 2 aliphatic heterocycles. The van der Waals surface area contributed by atoms with E-state index in [2.05, 4.69) is 30.8 Å². The van der Waals surface area contributed by atoms with Crippen molar-refractivity contribution in [3.8, 4) is 6.07 Å². The number of imidazole rings is 1. The molecule has 1 saturated heterocycles. The molecule has 0 radical (unpaired) electrons. The largest absolute Gasteiger partial charge is 0.357 e. The standard InChI is InChI=1S/C22H26N6O/c1-15-16(13-23)4-5-20(24-15)27-11-6-17(7-12-27)22(8-9-22)26-21(29)18-14-28-10-2-3-19(28)25-18/h4-5,14,17H,2-3,6-12H2,1H3,(H,26,29). The van der Waals surface area contributed by atoms with Crippen molar-refractivity contribution in [1.82, 2.24) is 19.9 Å². The molecule has 0 aromatic carbocycles. The van der Waals surface area contributed by atoms with Crippen LogP contribution in [0.2, 0.25) is 0 Å². The normalized spacial score (nSPS) is 20.2. The van der Waals surface area contributed by atoms with Gasteiger partial charge in [0.05, 0.1) is 11.3 Å². The molecule has 29 heavy (non-hydrogen) atoms. The van der Waals surface area contributed by atoms with Gasteiger partial charge >= 0.3 is 0 Å². The first kappa shape index (κ1) is 18.2. The number of amides is 1. The summed E-state index contributed by atoms with van der Waals surface area (Å²) >= 11 is 0. The summed E-state index contributed by atoms with van der Waals surface area (Å²) in [6.07, 6.45) is 8.22. The maximum absolute atomic E-state index is 12.8. The maximum Gasteiger partial charge on any atom is 0.271 e. The van der Waals surface area contributed by atoms with E-state index < -0.39 is 0 Å². The molecule has 0 unspecified atom stereocenters. The van der Waals surface area contributed by atoms with E-state index in [1.807, 2.05) is 25.3 Å². The molecule has 1 saturated carbocycles. The lowest BCUT2D eigenvalue weighted by Gasteiger charge is -2.37. The van der Waals surface area contributed by atoms with Crippen LogP contribution in [0.5, 0.6) is 0 Å². The van der Waals surface area contributed by atoms with E-state index in [-0.39, 0.29) is 11.4 Å². The third-order valence-corrected chi connectivity index (χ3v) is 6.83. The molecule has 7 heteroatoms. The molecule has 0 bridgehead atoms. The lowest BCUT2D eigenvalue weighted by Crippen LogP contribution is -2.47. The molecule has 4 heterocycles. The van der Waals surface area contributed by atoms with E-state index in [1.54, 1.807) is 0 Å². The number of fused-ring (bicyclic) bond motifs is 1. The zero-order valence-electron chi connectivity index (χ0n) is 16.8. The van der Waals surface area contributed by atoms with Gasteiger partial charge in [0, 0.05) is 37.8 Å². The zero-order valence-corrected chi connectivity index (χ0v) is 16.8. The van der Waals surface area contributed by atoms with E-state index in [0.717, 1.165) is 75.5 Å². The fraction of sp³-hybridized carbons (Fsp3) is 0.545. The van der Waals surface area contributed by atoms with Crippen LogP contribution in [0.15, 0.2) is 18.3 Å². The van der Waals surface area contributed by atoms with Gasteiger partial charge in [0.1, 0.15) is 23.4 Å². The van der Waals surface area contributed by atoms with Gasteiger partial charge in [0.2, 0.25) is 0 Å². The fourth-order valence-corrected chi connectivity index (χ4v) is 4.93. The highest BCUT2D eigenvalue weighted by Crippen LogP contribution is 2.47. The van der Waals surface area contributed by atoms with Crippen LogP contribution in [0.1, 0.15) is 59.7 Å². The van der Waals surface area contributed by atoms with E-state index in [9.17, 15) is 4.79 Å². The van der Waals surface area contributed by atoms with Crippen molar-refractivity contribution >= 4 is 11.7 Å². The Bertz CT molecular complexity index is 970. The Kier molecular flexibility index (Phi) is 4.30. The molecule has 0 spiro atoms. The minimum Gasteiger partial charge on any atom is -0.357 e. The van der Waals surface area contributed by atoms with Crippen molar-refractivity contribution in [3.05, 3.63) is 41.1 Å². The highest BCUT2D eigenvalue weighted by Gasteiger charge is 2.51. The summed E-state index contributed by atoms with van der Waals surface area (Å²) in [4.78, 5) is 24.2. The summed E-state index contributed by atoms with van der Waals surface area (Å²) in [7, 11) is 0. The lowest BCUT2D eigenvalue weighted by molar-refractivity contribution is 0.0901. The molecule has 0 atom stereocenters. The Balaban J connectivity index is 1.22. The molecule has 2 aromatic heterocycles. The maximum atomic E-state index is 12.8. The number of pyridine rings is 1. The summed E-state index contributed by atoms with van der Waals surface area (Å²) in [5, 5.41) is 12.4. The minimum atomic E-state index is -0.0504. The zero-order chi connectivity index (χ0) is 20.0. The van der Waals surface area contributed by atoms with Gasteiger partial charge in [0.15, 0.2) is 0 Å². The summed E-state index contributed by atoms with van der Waals surface area (Å²) < 4.78 is 2.11. The monoisotopic (exact) mass is 390 g/mol. The average molecular weight is 390 g/mol. The molecule has 1 N–H and O–H groups in total. The van der Waals surface area contributed by atoms with Crippen LogP contribution >= 0.6 is 0 Å². The second kappa shape index (κ2) is 6.87. The average Bonchev–Trinajstić information content (AvgIpc) is 3.18. The third kappa shape index (κ3) is 3.27. The molecule has 1 amide bonds. The number of nitrogens with one attached hydrogen (secondary N) is 1. The van der Waals surface area contributed by atoms with Crippen LogP contribution in [0.4, 0.5) is 5.82 Å². The Labute approximate surface area is 170 Å². The number of carbonyl (C=O) groups is 1. The predicted octanol–water partition coefficient (Wildman–Crippen LogP) is 2.58. The Hall–Kier alpha value is -2.88. The first-order valence-electron chi connectivity index (χ1n) is 10.6. The molecule has 3 aliphatic rings. The van der Waals surface area contributed by atoms with Gasteiger partial charge in [-0.25, -0.2) is 9.97 Å². The van der Waals surface area contributed by atoms with Crippen molar-refractivity contribution in [2.24, 2.45) is 5.92 Å². The predicted molar refractivity (Wildman–Crippen MR) is 109 cm³/mol. The number of anilines is 1. The summed E-state index contributed by atoms with van der Waals surface area (Å²) in [6.45, 7) is 4.72. The quantitative estimate of drug-likeness (QED) is 0.867. The van der Waals surface area contributed by atoms with Crippen LogP contribution in [0.3, 0.4) is 0 Å². The van der Waals surface area contributed by atoms with Crippen LogP contribution in [0, 0.1) is 24.2 Å². The van der Waals surface area contributed by atoms with Crippen molar-refractivity contribution in [2.45, 2.75) is 57.5 Å². The molecule has 150 valence electrons. The van der Waals surface area contributed by atoms with E-state index in [1.165, 1.54) is 0 Å². The smallest absolute Gasteiger partial charge is 0.271 e. The number of hydrogen-bond acceptors (Lipinski definition) is 5. The van der Waals surface area contributed by atoms with Gasteiger partial charge in [-0.05, 0) is 57.1 Å². The van der Waals surface area contributed by atoms with Crippen molar-refractivity contribution in [3.63, 3.8) is 0 Å². The Morgan fingerprint density at radius 2 is 2.03 bits per heavy atom. The highest BCUT2D eigenvalue weighted by molar-refractivity contribution is 5.93. The number of nitrogens with zero attached hydrogens (tertiary/aromatic N) is 5. The third-order valence-electron chi connectivity index (χ3n) is 6.83. The number of carbonyl (C=O) groups excluding carboxylic acids is 1. The molecular formula is C22H26N6O. The first-order valence-corrected chi connectivity index (χ1v) is 10.6. The number of hydrogen-bond donors (Lipinski definition) is 1. The fourth-order valence-electron chi connectivity index (χ4n) is 4.93. The van der Waals surface area contributed by atoms with Gasteiger partial charge in [-0.3, -0.25) is 4.79 Å². The number of rotatable bonds is 4. The van der Waals surface area contributed by atoms with Gasteiger partial charge < -0.3 is 14.8 Å². The van der Waals surface area contributed by atoms with Crippen LogP contribution in [0.25, 0.3) is 0 Å². The summed E-state index contributed by atoms with van der Waals surface area (Å²) in [5.41, 5.74) is 1.94. The SMILES string of the molecule is Cc1nc(N2CCC(C3(NC(=O)c4cn5c(n4)CCC5)CC3)CC2)ccc1C#N. The molecule has 5 rings (SSSR count). The first-order chi connectivity index (χ1) is 14.1. The topological polar surface area (TPSA) is 86.8 Å². The number of aryl methyl sites for hydroxylation is 3. The number of nitriles is 1. The number of piperidine rings is 1. The van der Waals surface area contributed by atoms with Gasteiger partial charge in [-0.2, -0.15) is 5.26 Å². The van der Waals surface area contributed by atoms with E-state index in [4.69, 9.17) is 5.26 Å².